The normalized spacial score (nSPS) is 13.0. The van der Waals surface area contributed by atoms with Crippen LogP contribution in [0.5, 0.6) is 0 Å². The van der Waals surface area contributed by atoms with Crippen molar-refractivity contribution in [1.82, 2.24) is 0 Å². The highest BCUT2D eigenvalue weighted by Crippen LogP contribution is 2.44. The molecule has 0 bridgehead atoms. The van der Waals surface area contributed by atoms with Crippen LogP contribution in [0.4, 0.5) is 34.1 Å². The second-order valence-corrected chi connectivity index (χ2v) is 21.7. The minimum atomic E-state index is -3.36. The van der Waals surface area contributed by atoms with Gasteiger partial charge in [-0.3, -0.25) is 0 Å². The Hall–Kier alpha value is -8.90. The van der Waals surface area contributed by atoms with Crippen LogP contribution in [0.1, 0.15) is 0 Å². The van der Waals surface area contributed by atoms with Crippen molar-refractivity contribution in [3.8, 4) is 11.1 Å². The van der Waals surface area contributed by atoms with Gasteiger partial charge in [-0.05, 0) is 116 Å². The molecule has 0 saturated heterocycles. The van der Waals surface area contributed by atoms with Crippen molar-refractivity contribution in [3.63, 3.8) is 0 Å². The van der Waals surface area contributed by atoms with Gasteiger partial charge < -0.3 is 18.6 Å². The molecular formula is C64H42N2O2Si. The van der Waals surface area contributed by atoms with Crippen LogP contribution in [0.3, 0.4) is 0 Å². The first-order valence-electron chi connectivity index (χ1n) is 23.6. The molecule has 0 amide bonds. The van der Waals surface area contributed by atoms with Crippen LogP contribution in [0.2, 0.25) is 0 Å². The fourth-order valence-corrected chi connectivity index (χ4v) is 16.3. The monoisotopic (exact) mass is 898 g/mol. The van der Waals surface area contributed by atoms with Crippen molar-refractivity contribution in [2.75, 3.05) is 9.80 Å². The van der Waals surface area contributed by atoms with Crippen molar-refractivity contribution >= 4 is 118 Å². The van der Waals surface area contributed by atoms with Gasteiger partial charge in [0.05, 0.1) is 5.69 Å². The van der Waals surface area contributed by atoms with E-state index in [2.05, 4.69) is 265 Å². The summed E-state index contributed by atoms with van der Waals surface area (Å²) in [6, 6.07) is 92.9. The molecule has 0 fully saturated rings. The molecule has 0 saturated carbocycles. The van der Waals surface area contributed by atoms with Gasteiger partial charge in [0.25, 0.3) is 0 Å². The average Bonchev–Trinajstić information content (AvgIpc) is 3.99. The first-order valence-corrected chi connectivity index (χ1v) is 25.6. The number of anilines is 6. The van der Waals surface area contributed by atoms with Crippen molar-refractivity contribution in [2.24, 2.45) is 0 Å². The molecule has 1 aliphatic rings. The van der Waals surface area contributed by atoms with E-state index >= 15 is 0 Å². The minimum absolute atomic E-state index is 0.877. The lowest BCUT2D eigenvalue weighted by Gasteiger charge is -2.45. The van der Waals surface area contributed by atoms with Gasteiger partial charge in [-0.2, -0.15) is 0 Å². The Morgan fingerprint density at radius 1 is 0.333 bits per heavy atom. The van der Waals surface area contributed by atoms with Gasteiger partial charge in [-0.25, -0.2) is 0 Å². The summed E-state index contributed by atoms with van der Waals surface area (Å²) in [5, 5.41) is 11.8. The molecule has 0 spiro atoms. The molecule has 0 aliphatic carbocycles. The lowest BCUT2D eigenvalue weighted by molar-refractivity contribution is 0.669. The fraction of sp³-hybridized carbons (Fsp3) is 0. The van der Waals surface area contributed by atoms with Gasteiger partial charge >= 0.3 is 0 Å². The fourth-order valence-electron chi connectivity index (χ4n) is 11.2. The van der Waals surface area contributed by atoms with Crippen LogP contribution >= 0.6 is 0 Å². The van der Waals surface area contributed by atoms with E-state index in [1.807, 2.05) is 0 Å². The number of hydrogen-bond acceptors (Lipinski definition) is 4. The van der Waals surface area contributed by atoms with E-state index in [1.54, 1.807) is 0 Å². The highest BCUT2D eigenvalue weighted by Gasteiger charge is 2.50. The Kier molecular flexibility index (Phi) is 8.88. The molecule has 1 aliphatic heterocycles. The van der Waals surface area contributed by atoms with Crippen LogP contribution < -0.4 is 30.5 Å². The third-order valence-electron chi connectivity index (χ3n) is 14.3. The van der Waals surface area contributed by atoms with Gasteiger partial charge in [-0.15, -0.1) is 0 Å². The predicted octanol–water partition coefficient (Wildman–Crippen LogP) is 14.9. The summed E-state index contributed by atoms with van der Waals surface area (Å²) in [6.45, 7) is 0. The average molecular weight is 899 g/mol. The van der Waals surface area contributed by atoms with Crippen LogP contribution in [0.15, 0.2) is 264 Å². The van der Waals surface area contributed by atoms with E-state index in [0.717, 1.165) is 78.0 Å². The summed E-state index contributed by atoms with van der Waals surface area (Å²) >= 11 is 0. The van der Waals surface area contributed by atoms with Crippen LogP contribution in [0.25, 0.3) is 65.8 Å². The zero-order valence-electron chi connectivity index (χ0n) is 37.5. The summed E-state index contributed by atoms with van der Waals surface area (Å²) in [7, 11) is -3.36. The molecule has 3 heterocycles. The predicted molar refractivity (Wildman–Crippen MR) is 290 cm³/mol. The molecule has 0 radical (unpaired) electrons. The number of para-hydroxylation sites is 4. The standard InChI is InChI=1S/C64H42N2O2Si/c1-3-16-43(17-4-1)44-30-32-47(33-31-44)65(56-26-15-19-45-18-7-8-22-51(45)56)48-34-39-58-64(40-48)69(49-35-37-54-52-23-9-12-27-59(52)67-61(54)41-49,50-36-38-55-53-24-10-13-28-60(53)68-62(55)42-50)63-29-14-11-25-57(63)66(58)46-20-5-2-6-21-46/h1-42H. The van der Waals surface area contributed by atoms with Gasteiger partial charge in [0.2, 0.25) is 0 Å². The Morgan fingerprint density at radius 2 is 0.855 bits per heavy atom. The molecule has 14 rings (SSSR count). The Balaban J connectivity index is 1.10. The molecule has 2 aromatic heterocycles. The third-order valence-corrected chi connectivity index (χ3v) is 19.1. The lowest BCUT2D eigenvalue weighted by atomic mass is 10.0. The topological polar surface area (TPSA) is 32.8 Å². The third kappa shape index (κ3) is 6.07. The van der Waals surface area contributed by atoms with E-state index in [9.17, 15) is 0 Å². The molecule has 0 unspecified atom stereocenters. The van der Waals surface area contributed by atoms with Crippen molar-refractivity contribution < 1.29 is 8.83 Å². The van der Waals surface area contributed by atoms with Gasteiger partial charge in [0, 0.05) is 55.4 Å². The van der Waals surface area contributed by atoms with E-state index < -0.39 is 8.07 Å². The van der Waals surface area contributed by atoms with Crippen molar-refractivity contribution in [1.29, 1.82) is 0 Å². The molecule has 0 N–H and O–H groups in total. The first-order chi connectivity index (χ1) is 34.2. The first kappa shape index (κ1) is 39.3. The van der Waals surface area contributed by atoms with E-state index in [-0.39, 0.29) is 0 Å². The summed E-state index contributed by atoms with van der Waals surface area (Å²) in [4.78, 5) is 4.92. The highest BCUT2D eigenvalue weighted by atomic mass is 28.3. The Labute approximate surface area is 400 Å². The number of hydrogen-bond donors (Lipinski definition) is 0. The van der Waals surface area contributed by atoms with Crippen molar-refractivity contribution in [2.45, 2.75) is 0 Å². The van der Waals surface area contributed by atoms with Crippen molar-refractivity contribution in [3.05, 3.63) is 255 Å². The van der Waals surface area contributed by atoms with E-state index in [0.29, 0.717) is 0 Å². The molecule has 4 nitrogen and oxygen atoms in total. The second kappa shape index (κ2) is 15.6. The quantitative estimate of drug-likeness (QED) is 0.149. The molecule has 5 heteroatoms. The van der Waals surface area contributed by atoms with Gasteiger partial charge in [0.15, 0.2) is 8.07 Å². The van der Waals surface area contributed by atoms with Crippen LogP contribution in [-0.4, -0.2) is 8.07 Å². The smallest absolute Gasteiger partial charge is 0.184 e. The van der Waals surface area contributed by atoms with E-state index in [1.165, 1.54) is 42.6 Å². The largest absolute Gasteiger partial charge is 0.456 e. The molecule has 0 atom stereocenters. The molecule has 69 heavy (non-hydrogen) atoms. The van der Waals surface area contributed by atoms with Gasteiger partial charge in [0.1, 0.15) is 22.3 Å². The zero-order valence-corrected chi connectivity index (χ0v) is 38.5. The number of fused-ring (bicyclic) bond motifs is 9. The summed E-state index contributed by atoms with van der Waals surface area (Å²) in [5.74, 6) is 0. The maximum Gasteiger partial charge on any atom is 0.184 e. The Morgan fingerprint density at radius 3 is 1.55 bits per heavy atom. The Bertz CT molecular complexity index is 3980. The number of furan rings is 2. The van der Waals surface area contributed by atoms with Crippen LogP contribution in [-0.2, 0) is 0 Å². The summed E-state index contributed by atoms with van der Waals surface area (Å²) < 4.78 is 13.6. The second-order valence-electron chi connectivity index (χ2n) is 18.0. The van der Waals surface area contributed by atoms with Gasteiger partial charge in [-0.1, -0.05) is 176 Å². The molecule has 11 aromatic carbocycles. The number of rotatable bonds is 7. The SMILES string of the molecule is c1ccc(-c2ccc(N(c3ccc4c(c3)[Si](c3ccc5c(c3)oc3ccccc35)(c3ccc5c(c3)oc3ccccc35)c3ccccc3N4c3ccccc3)c3cccc4ccccc34)cc2)cc1. The molecule has 13 aromatic rings. The lowest BCUT2D eigenvalue weighted by Crippen LogP contribution is -2.77. The van der Waals surface area contributed by atoms with Crippen LogP contribution in [0, 0.1) is 0 Å². The summed E-state index contributed by atoms with van der Waals surface area (Å²) in [5.41, 5.74) is 12.5. The highest BCUT2D eigenvalue weighted by molar-refractivity contribution is 7.21. The van der Waals surface area contributed by atoms with E-state index in [4.69, 9.17) is 8.83 Å². The number of nitrogens with zero attached hydrogens (tertiary/aromatic N) is 2. The maximum atomic E-state index is 6.79. The maximum absolute atomic E-state index is 6.79. The summed E-state index contributed by atoms with van der Waals surface area (Å²) in [6.07, 6.45) is 0. The molecule has 324 valence electrons. The number of benzene rings is 11. The minimum Gasteiger partial charge on any atom is -0.456 e. The molecular weight excluding hydrogens is 857 g/mol. The zero-order chi connectivity index (χ0) is 45.5.